The topological polar surface area (TPSA) is 59.4 Å². The van der Waals surface area contributed by atoms with Gasteiger partial charge in [0, 0.05) is 16.8 Å². The Kier molecular flexibility index (Phi) is 4.75. The van der Waals surface area contributed by atoms with Crippen molar-refractivity contribution in [2.75, 3.05) is 4.90 Å². The second-order valence-corrected chi connectivity index (χ2v) is 11.4. The van der Waals surface area contributed by atoms with Gasteiger partial charge in [-0.25, -0.2) is 8.42 Å². The molecule has 180 valence electrons. The average Bonchev–Trinajstić information content (AvgIpc) is 2.94. The Morgan fingerprint density at radius 1 is 0.649 bits per heavy atom. The van der Waals surface area contributed by atoms with Gasteiger partial charge in [0.05, 0.1) is 33.0 Å². The number of hydrogen-bond acceptors (Lipinski definition) is 4. The van der Waals surface area contributed by atoms with E-state index >= 15 is 0 Å². The summed E-state index contributed by atoms with van der Waals surface area (Å²) in [5.41, 5.74) is 3.42. The van der Waals surface area contributed by atoms with E-state index in [0.717, 1.165) is 16.9 Å². The molecule has 0 saturated carbocycles. The molecule has 0 N–H and O–H groups in total. The maximum atomic E-state index is 14.2. The zero-order valence-electron chi connectivity index (χ0n) is 19.7. The monoisotopic (exact) mass is 502 g/mol. The third-order valence-electron chi connectivity index (χ3n) is 7.29. The Morgan fingerprint density at radius 2 is 1.30 bits per heavy atom. The lowest BCUT2D eigenvalue weighted by atomic mass is 10.0. The average molecular weight is 503 g/mol. The Balaban J connectivity index is 1.71. The number of aromatic nitrogens is 1. The quantitative estimate of drug-likeness (QED) is 0.281. The summed E-state index contributed by atoms with van der Waals surface area (Å²) in [6.45, 7) is 0. The number of para-hydroxylation sites is 3. The summed E-state index contributed by atoms with van der Waals surface area (Å²) >= 11 is 0. The molecule has 4 aromatic carbocycles. The number of rotatable bonds is 2. The van der Waals surface area contributed by atoms with Gasteiger partial charge >= 0.3 is 0 Å². The van der Waals surface area contributed by atoms with Crippen LogP contribution in [0.25, 0.3) is 27.5 Å². The molecular formula is C31H22N2O3S. The molecule has 37 heavy (non-hydrogen) atoms. The lowest BCUT2D eigenvalue weighted by Crippen LogP contribution is -2.48. The summed E-state index contributed by atoms with van der Waals surface area (Å²) in [5.74, 6) is 0. The predicted octanol–water partition coefficient (Wildman–Crippen LogP) is 5.93. The fourth-order valence-corrected chi connectivity index (χ4v) is 7.60. The lowest BCUT2D eigenvalue weighted by molar-refractivity contribution is 0.574. The van der Waals surface area contributed by atoms with Gasteiger partial charge in [0.25, 0.3) is 0 Å². The molecule has 0 amide bonds. The molecule has 2 atom stereocenters. The van der Waals surface area contributed by atoms with E-state index in [1.807, 2.05) is 107 Å². The van der Waals surface area contributed by atoms with E-state index in [1.165, 1.54) is 0 Å². The number of fused-ring (bicyclic) bond motifs is 5. The number of allylic oxidation sites excluding steroid dienone is 2. The number of anilines is 2. The number of sulfone groups is 1. The molecule has 0 fully saturated rings. The number of benzene rings is 4. The maximum Gasteiger partial charge on any atom is 0.199 e. The van der Waals surface area contributed by atoms with Crippen molar-refractivity contribution in [2.45, 2.75) is 16.2 Å². The first-order valence-electron chi connectivity index (χ1n) is 12.2. The van der Waals surface area contributed by atoms with Crippen LogP contribution in [0.4, 0.5) is 11.4 Å². The largest absolute Gasteiger partial charge is 0.331 e. The van der Waals surface area contributed by atoms with E-state index in [1.54, 1.807) is 24.3 Å². The van der Waals surface area contributed by atoms with E-state index in [9.17, 15) is 13.2 Å². The molecule has 5 nitrogen and oxygen atoms in total. The van der Waals surface area contributed by atoms with Crippen LogP contribution in [-0.2, 0) is 9.84 Å². The Hall–Kier alpha value is -4.42. The standard InChI is InChI=1S/C31H22N2O3S/c34-31-23-15-7-8-16-24(23)32(21-11-3-1-4-12-21)26-19-20-28-30(29(26)31)33(22-13-5-2-6-14-22)25-17-9-10-18-27(25)37(28,35)36/h1-20,25,27H. The van der Waals surface area contributed by atoms with Crippen LogP contribution in [0.15, 0.2) is 131 Å². The van der Waals surface area contributed by atoms with Crippen molar-refractivity contribution in [1.29, 1.82) is 0 Å². The van der Waals surface area contributed by atoms with E-state index in [4.69, 9.17) is 0 Å². The van der Waals surface area contributed by atoms with Crippen LogP contribution >= 0.6 is 0 Å². The highest BCUT2D eigenvalue weighted by molar-refractivity contribution is 7.92. The zero-order chi connectivity index (χ0) is 25.1. The molecule has 2 heterocycles. The minimum atomic E-state index is -3.75. The number of nitrogens with zero attached hydrogens (tertiary/aromatic N) is 2. The molecule has 1 aliphatic carbocycles. The van der Waals surface area contributed by atoms with Gasteiger partial charge in [-0.05, 0) is 48.5 Å². The minimum Gasteiger partial charge on any atom is -0.331 e. The number of pyridine rings is 1. The highest BCUT2D eigenvalue weighted by atomic mass is 32.2. The van der Waals surface area contributed by atoms with Crippen molar-refractivity contribution in [2.24, 2.45) is 0 Å². The molecule has 5 aromatic rings. The molecule has 2 aliphatic rings. The van der Waals surface area contributed by atoms with Crippen LogP contribution in [0.1, 0.15) is 0 Å². The van der Waals surface area contributed by atoms with Gasteiger partial charge in [-0.2, -0.15) is 0 Å². The van der Waals surface area contributed by atoms with Crippen molar-refractivity contribution in [3.05, 3.63) is 132 Å². The van der Waals surface area contributed by atoms with E-state index in [0.29, 0.717) is 22.0 Å². The second-order valence-electron chi connectivity index (χ2n) is 9.30. The normalized spacial score (nSPS) is 19.6. The van der Waals surface area contributed by atoms with Crippen molar-refractivity contribution in [1.82, 2.24) is 4.57 Å². The van der Waals surface area contributed by atoms with Gasteiger partial charge in [-0.3, -0.25) is 4.79 Å². The van der Waals surface area contributed by atoms with Crippen molar-refractivity contribution < 1.29 is 8.42 Å². The smallest absolute Gasteiger partial charge is 0.199 e. The maximum absolute atomic E-state index is 14.2. The highest BCUT2D eigenvalue weighted by Crippen LogP contribution is 2.46. The lowest BCUT2D eigenvalue weighted by Gasteiger charge is -2.42. The van der Waals surface area contributed by atoms with Crippen molar-refractivity contribution >= 4 is 43.0 Å². The molecule has 0 saturated heterocycles. The molecule has 6 heteroatoms. The third kappa shape index (κ3) is 3.09. The minimum absolute atomic E-state index is 0.178. The molecular weight excluding hydrogens is 480 g/mol. The van der Waals surface area contributed by atoms with E-state index in [2.05, 4.69) is 0 Å². The fraction of sp³-hybridized carbons (Fsp3) is 0.0645. The Morgan fingerprint density at radius 3 is 2.05 bits per heavy atom. The fourth-order valence-electron chi connectivity index (χ4n) is 5.70. The summed E-state index contributed by atoms with van der Waals surface area (Å²) in [7, 11) is -3.75. The van der Waals surface area contributed by atoms with Crippen LogP contribution in [-0.4, -0.2) is 24.3 Å². The molecule has 0 spiro atoms. The van der Waals surface area contributed by atoms with Gasteiger partial charge < -0.3 is 9.47 Å². The molecule has 1 aliphatic heterocycles. The van der Waals surface area contributed by atoms with Crippen LogP contribution < -0.4 is 10.3 Å². The Labute approximate surface area is 214 Å². The van der Waals surface area contributed by atoms with Crippen LogP contribution in [0, 0.1) is 0 Å². The summed E-state index contributed by atoms with van der Waals surface area (Å²) in [6, 6.07) is 30.0. The van der Waals surface area contributed by atoms with E-state index in [-0.39, 0.29) is 10.3 Å². The summed E-state index contributed by atoms with van der Waals surface area (Å²) in [6.07, 6.45) is 7.31. The van der Waals surface area contributed by atoms with Crippen molar-refractivity contribution in [3.8, 4) is 5.69 Å². The summed E-state index contributed by atoms with van der Waals surface area (Å²) in [4.78, 5) is 16.4. The number of hydrogen-bond donors (Lipinski definition) is 0. The molecule has 0 bridgehead atoms. The summed E-state index contributed by atoms with van der Waals surface area (Å²) < 4.78 is 30.0. The van der Waals surface area contributed by atoms with Crippen LogP contribution in [0.3, 0.4) is 0 Å². The van der Waals surface area contributed by atoms with Gasteiger partial charge in [0.2, 0.25) is 0 Å². The summed E-state index contributed by atoms with van der Waals surface area (Å²) in [5, 5.41) is 0.187. The molecule has 0 radical (unpaired) electrons. The first-order valence-corrected chi connectivity index (χ1v) is 13.7. The molecule has 7 rings (SSSR count). The molecule has 2 unspecified atom stereocenters. The van der Waals surface area contributed by atoms with Gasteiger partial charge in [-0.1, -0.05) is 72.8 Å². The van der Waals surface area contributed by atoms with Crippen molar-refractivity contribution in [3.63, 3.8) is 0 Å². The first kappa shape index (κ1) is 21.8. The van der Waals surface area contributed by atoms with Crippen LogP contribution in [0.5, 0.6) is 0 Å². The third-order valence-corrected chi connectivity index (χ3v) is 9.38. The Bertz CT molecular complexity index is 1920. The second kappa shape index (κ2) is 8.05. The molecule has 1 aromatic heterocycles. The SMILES string of the molecule is O=c1c2ccccc2n(-c2ccccc2)c2ccc3c(c12)N(c1ccccc1)C1C=CC=CC1S3(=O)=O. The zero-order valence-corrected chi connectivity index (χ0v) is 20.5. The first-order chi connectivity index (χ1) is 18.1. The van der Waals surface area contributed by atoms with Gasteiger partial charge in [0.1, 0.15) is 5.25 Å². The van der Waals surface area contributed by atoms with Gasteiger partial charge in [0.15, 0.2) is 15.3 Å². The van der Waals surface area contributed by atoms with Crippen LogP contribution in [0.2, 0.25) is 0 Å². The van der Waals surface area contributed by atoms with E-state index < -0.39 is 21.1 Å². The van der Waals surface area contributed by atoms with Gasteiger partial charge in [-0.15, -0.1) is 0 Å². The highest BCUT2D eigenvalue weighted by Gasteiger charge is 2.45. The predicted molar refractivity (Wildman–Crippen MR) is 149 cm³/mol.